The zero-order chi connectivity index (χ0) is 18.3. The molecule has 2 aliphatic rings. The number of aryl methyl sites for hydroxylation is 2. The second kappa shape index (κ2) is 6.76. The number of benzene rings is 1. The summed E-state index contributed by atoms with van der Waals surface area (Å²) in [7, 11) is 3.52. The summed E-state index contributed by atoms with van der Waals surface area (Å²) in [6.45, 7) is 3.47. The minimum atomic E-state index is 0.0247. The van der Waals surface area contributed by atoms with Gasteiger partial charge in [-0.1, -0.05) is 18.2 Å². The molecule has 6 nitrogen and oxygen atoms in total. The Balaban J connectivity index is 1.58. The van der Waals surface area contributed by atoms with Gasteiger partial charge < -0.3 is 10.1 Å². The molecular formula is C20H26N4O2. The molecule has 4 rings (SSSR count). The van der Waals surface area contributed by atoms with Crippen LogP contribution in [0.2, 0.25) is 0 Å². The van der Waals surface area contributed by atoms with E-state index in [2.05, 4.69) is 15.3 Å². The standard InChI is InChI=1S/C20H26N4O2/c1-13-19(16-6-4-5-7-17(16)26-3)20(23(2)22-13)21-18(25)12-24-11-14-8-9-15(24)10-14/h4-7,14-15H,8-12H2,1-3H3,(H,21,25)/t14-,15+/m1/s1. The van der Waals surface area contributed by atoms with Gasteiger partial charge in [-0.25, -0.2) is 0 Å². The van der Waals surface area contributed by atoms with Crippen molar-refractivity contribution in [2.24, 2.45) is 13.0 Å². The van der Waals surface area contributed by atoms with Crippen molar-refractivity contribution >= 4 is 11.7 Å². The molecule has 26 heavy (non-hydrogen) atoms. The third kappa shape index (κ3) is 2.98. The number of methoxy groups -OCH3 is 1. The Bertz CT molecular complexity index is 829. The van der Waals surface area contributed by atoms with E-state index in [-0.39, 0.29) is 5.91 Å². The third-order valence-corrected chi connectivity index (χ3v) is 5.73. The highest BCUT2D eigenvalue weighted by Gasteiger charge is 2.38. The summed E-state index contributed by atoms with van der Waals surface area (Å²) in [6.07, 6.45) is 3.81. The van der Waals surface area contributed by atoms with E-state index in [0.29, 0.717) is 12.6 Å². The maximum atomic E-state index is 12.7. The molecule has 2 bridgehead atoms. The number of carbonyl (C=O) groups is 1. The Kier molecular flexibility index (Phi) is 4.44. The van der Waals surface area contributed by atoms with Gasteiger partial charge in [0.25, 0.3) is 0 Å². The largest absolute Gasteiger partial charge is 0.496 e. The highest BCUT2D eigenvalue weighted by Crippen LogP contribution is 2.38. The fourth-order valence-corrected chi connectivity index (χ4v) is 4.55. The molecule has 1 aliphatic carbocycles. The molecule has 1 N–H and O–H groups in total. The molecule has 1 aromatic heterocycles. The molecule has 1 amide bonds. The van der Waals surface area contributed by atoms with Gasteiger partial charge in [-0.2, -0.15) is 5.10 Å². The Labute approximate surface area is 154 Å². The van der Waals surface area contributed by atoms with Crippen LogP contribution in [-0.2, 0) is 11.8 Å². The highest BCUT2D eigenvalue weighted by atomic mass is 16.5. The molecule has 0 spiro atoms. The summed E-state index contributed by atoms with van der Waals surface area (Å²) in [4.78, 5) is 15.0. The van der Waals surface area contributed by atoms with Gasteiger partial charge in [0.2, 0.25) is 5.91 Å². The lowest BCUT2D eigenvalue weighted by molar-refractivity contribution is -0.117. The monoisotopic (exact) mass is 354 g/mol. The number of piperidine rings is 1. The maximum Gasteiger partial charge on any atom is 0.239 e. The molecule has 2 fully saturated rings. The zero-order valence-electron chi connectivity index (χ0n) is 15.7. The lowest BCUT2D eigenvalue weighted by Crippen LogP contribution is -2.38. The number of likely N-dealkylation sites (tertiary alicyclic amines) is 1. The molecule has 2 atom stereocenters. The first-order valence-electron chi connectivity index (χ1n) is 9.27. The van der Waals surface area contributed by atoms with Crippen LogP contribution in [-0.4, -0.2) is 46.8 Å². The third-order valence-electron chi connectivity index (χ3n) is 5.73. The summed E-state index contributed by atoms with van der Waals surface area (Å²) in [5.41, 5.74) is 2.73. The van der Waals surface area contributed by atoms with E-state index in [0.717, 1.165) is 40.9 Å². The van der Waals surface area contributed by atoms with Crippen LogP contribution in [0.4, 0.5) is 5.82 Å². The fraction of sp³-hybridized carbons (Fsp3) is 0.500. The van der Waals surface area contributed by atoms with Crippen molar-refractivity contribution in [2.75, 3.05) is 25.5 Å². The summed E-state index contributed by atoms with van der Waals surface area (Å²) < 4.78 is 7.25. The molecule has 2 heterocycles. The van der Waals surface area contributed by atoms with Crippen LogP contribution >= 0.6 is 0 Å². The van der Waals surface area contributed by atoms with Crippen LogP contribution in [0.25, 0.3) is 11.1 Å². The van der Waals surface area contributed by atoms with Crippen LogP contribution in [0.3, 0.4) is 0 Å². The Morgan fingerprint density at radius 2 is 2.15 bits per heavy atom. The van der Waals surface area contributed by atoms with Gasteiger partial charge in [0.15, 0.2) is 0 Å². The molecule has 1 saturated heterocycles. The molecule has 1 saturated carbocycles. The van der Waals surface area contributed by atoms with E-state index in [4.69, 9.17) is 4.74 Å². The van der Waals surface area contributed by atoms with Gasteiger partial charge in [-0.05, 0) is 38.2 Å². The number of hydrogen-bond acceptors (Lipinski definition) is 4. The Morgan fingerprint density at radius 1 is 1.35 bits per heavy atom. The summed E-state index contributed by atoms with van der Waals surface area (Å²) >= 11 is 0. The predicted octanol–water partition coefficient (Wildman–Crippen LogP) is 2.83. The molecule has 6 heteroatoms. The number of nitrogens with one attached hydrogen (secondary N) is 1. The van der Waals surface area contributed by atoms with Gasteiger partial charge in [0.05, 0.1) is 24.9 Å². The van der Waals surface area contributed by atoms with Gasteiger partial charge in [0, 0.05) is 25.2 Å². The first-order valence-corrected chi connectivity index (χ1v) is 9.27. The normalized spacial score (nSPS) is 22.0. The topological polar surface area (TPSA) is 59.4 Å². The van der Waals surface area contributed by atoms with E-state index in [1.807, 2.05) is 38.2 Å². The number of anilines is 1. The number of carbonyl (C=O) groups excluding carboxylic acids is 1. The number of aromatic nitrogens is 2. The first kappa shape index (κ1) is 17.1. The number of ether oxygens (including phenoxy) is 1. The van der Waals surface area contributed by atoms with Gasteiger partial charge >= 0.3 is 0 Å². The van der Waals surface area contributed by atoms with E-state index < -0.39 is 0 Å². The van der Waals surface area contributed by atoms with Gasteiger partial charge in [-0.3, -0.25) is 14.4 Å². The Morgan fingerprint density at radius 3 is 2.85 bits per heavy atom. The molecule has 2 aromatic rings. The van der Waals surface area contributed by atoms with Crippen molar-refractivity contribution in [3.8, 4) is 16.9 Å². The summed E-state index contributed by atoms with van der Waals surface area (Å²) in [5, 5.41) is 7.62. The van der Waals surface area contributed by atoms with Crippen LogP contribution in [0, 0.1) is 12.8 Å². The number of nitrogens with zero attached hydrogens (tertiary/aromatic N) is 3. The Hall–Kier alpha value is -2.34. The summed E-state index contributed by atoms with van der Waals surface area (Å²) in [6, 6.07) is 8.42. The van der Waals surface area contributed by atoms with Crippen LogP contribution < -0.4 is 10.1 Å². The number of fused-ring (bicyclic) bond motifs is 2. The number of para-hydroxylation sites is 1. The molecule has 1 aliphatic heterocycles. The van der Waals surface area contributed by atoms with Crippen molar-refractivity contribution in [2.45, 2.75) is 32.2 Å². The number of rotatable bonds is 5. The van der Waals surface area contributed by atoms with Crippen molar-refractivity contribution in [1.82, 2.24) is 14.7 Å². The zero-order valence-corrected chi connectivity index (χ0v) is 15.7. The number of amides is 1. The minimum Gasteiger partial charge on any atom is -0.496 e. The van der Waals surface area contributed by atoms with Crippen LogP contribution in [0.5, 0.6) is 5.75 Å². The summed E-state index contributed by atoms with van der Waals surface area (Å²) in [5.74, 6) is 2.31. The van der Waals surface area contributed by atoms with E-state index in [1.54, 1.807) is 11.8 Å². The maximum absolute atomic E-state index is 12.7. The van der Waals surface area contributed by atoms with Crippen molar-refractivity contribution in [3.63, 3.8) is 0 Å². The van der Waals surface area contributed by atoms with E-state index in [1.165, 1.54) is 19.3 Å². The average molecular weight is 354 g/mol. The quantitative estimate of drug-likeness (QED) is 0.897. The van der Waals surface area contributed by atoms with Crippen LogP contribution in [0.15, 0.2) is 24.3 Å². The first-order chi connectivity index (χ1) is 12.6. The van der Waals surface area contributed by atoms with Crippen molar-refractivity contribution in [3.05, 3.63) is 30.0 Å². The predicted molar refractivity (Wildman–Crippen MR) is 101 cm³/mol. The molecular weight excluding hydrogens is 328 g/mol. The van der Waals surface area contributed by atoms with Crippen molar-refractivity contribution in [1.29, 1.82) is 0 Å². The molecule has 1 aromatic carbocycles. The lowest BCUT2D eigenvalue weighted by Gasteiger charge is -2.26. The fourth-order valence-electron chi connectivity index (χ4n) is 4.55. The van der Waals surface area contributed by atoms with Crippen LogP contribution in [0.1, 0.15) is 25.0 Å². The van der Waals surface area contributed by atoms with Crippen molar-refractivity contribution < 1.29 is 9.53 Å². The number of hydrogen-bond donors (Lipinski definition) is 1. The van der Waals surface area contributed by atoms with E-state index in [9.17, 15) is 4.79 Å². The minimum absolute atomic E-state index is 0.0247. The molecule has 0 radical (unpaired) electrons. The van der Waals surface area contributed by atoms with Gasteiger partial charge in [-0.15, -0.1) is 0 Å². The molecule has 138 valence electrons. The highest BCUT2D eigenvalue weighted by molar-refractivity contribution is 5.96. The smallest absolute Gasteiger partial charge is 0.239 e. The van der Waals surface area contributed by atoms with Gasteiger partial charge in [0.1, 0.15) is 11.6 Å². The second-order valence-electron chi connectivity index (χ2n) is 7.44. The SMILES string of the molecule is COc1ccccc1-c1c(C)nn(C)c1NC(=O)CN1C[C@@H]2CC[C@H]1C2. The molecule has 0 unspecified atom stereocenters. The second-order valence-corrected chi connectivity index (χ2v) is 7.44. The lowest BCUT2D eigenvalue weighted by atomic mass is 10.0. The van der Waals surface area contributed by atoms with E-state index >= 15 is 0 Å². The average Bonchev–Trinajstić information content (AvgIpc) is 3.30.